The van der Waals surface area contributed by atoms with Gasteiger partial charge >= 0.3 is 0 Å². The van der Waals surface area contributed by atoms with Crippen LogP contribution in [0, 0.1) is 0 Å². The minimum absolute atomic E-state index is 0.0879. The molecule has 22 heavy (non-hydrogen) atoms. The SMILES string of the molecule is CC(=O)N1c2ccccc2C(Nc2ccc(Cl)cc2)CC1C. The van der Waals surface area contributed by atoms with Crippen LogP contribution in [0.2, 0.25) is 5.02 Å². The van der Waals surface area contributed by atoms with E-state index >= 15 is 0 Å². The number of anilines is 2. The van der Waals surface area contributed by atoms with E-state index in [1.54, 1.807) is 6.92 Å². The number of fused-ring (bicyclic) bond motifs is 1. The number of halogens is 1. The van der Waals surface area contributed by atoms with E-state index in [2.05, 4.69) is 18.3 Å². The zero-order valence-electron chi connectivity index (χ0n) is 12.7. The van der Waals surface area contributed by atoms with Crippen molar-refractivity contribution >= 4 is 28.9 Å². The lowest BCUT2D eigenvalue weighted by atomic mass is 9.91. The van der Waals surface area contributed by atoms with Crippen molar-refractivity contribution in [1.82, 2.24) is 0 Å². The van der Waals surface area contributed by atoms with Crippen molar-refractivity contribution in [2.45, 2.75) is 32.4 Å². The molecule has 0 aromatic heterocycles. The van der Waals surface area contributed by atoms with Gasteiger partial charge < -0.3 is 10.2 Å². The molecule has 2 atom stereocenters. The molecule has 2 unspecified atom stereocenters. The van der Waals surface area contributed by atoms with Gasteiger partial charge in [0.05, 0.1) is 6.04 Å². The normalized spacial score (nSPS) is 20.4. The lowest BCUT2D eigenvalue weighted by Gasteiger charge is -2.39. The second-order valence-electron chi connectivity index (χ2n) is 5.74. The molecule has 1 aliphatic heterocycles. The molecule has 2 aromatic rings. The second kappa shape index (κ2) is 6.01. The van der Waals surface area contributed by atoms with E-state index in [0.29, 0.717) is 0 Å². The summed E-state index contributed by atoms with van der Waals surface area (Å²) in [5.74, 6) is 0.0879. The highest BCUT2D eigenvalue weighted by molar-refractivity contribution is 6.30. The largest absolute Gasteiger partial charge is 0.378 e. The van der Waals surface area contributed by atoms with Crippen LogP contribution in [0.4, 0.5) is 11.4 Å². The molecule has 0 saturated carbocycles. The molecule has 0 radical (unpaired) electrons. The first-order valence-corrected chi connectivity index (χ1v) is 7.85. The highest BCUT2D eigenvalue weighted by Gasteiger charge is 2.31. The third-order valence-electron chi connectivity index (χ3n) is 4.11. The van der Waals surface area contributed by atoms with Crippen molar-refractivity contribution in [3.8, 4) is 0 Å². The maximum atomic E-state index is 12.0. The Morgan fingerprint density at radius 1 is 1.18 bits per heavy atom. The molecule has 0 spiro atoms. The number of carbonyl (C=O) groups excluding carboxylic acids is 1. The summed E-state index contributed by atoms with van der Waals surface area (Å²) in [4.78, 5) is 13.8. The number of amides is 1. The van der Waals surface area contributed by atoms with Crippen LogP contribution in [0.15, 0.2) is 48.5 Å². The third-order valence-corrected chi connectivity index (χ3v) is 4.37. The molecular weight excluding hydrogens is 296 g/mol. The Morgan fingerprint density at radius 2 is 1.86 bits per heavy atom. The molecule has 1 N–H and O–H groups in total. The van der Waals surface area contributed by atoms with Crippen LogP contribution in [0.1, 0.15) is 31.9 Å². The molecule has 0 aliphatic carbocycles. The lowest BCUT2D eigenvalue weighted by molar-refractivity contribution is -0.117. The van der Waals surface area contributed by atoms with Gasteiger partial charge in [-0.2, -0.15) is 0 Å². The summed E-state index contributed by atoms with van der Waals surface area (Å²) < 4.78 is 0. The monoisotopic (exact) mass is 314 g/mol. The Labute approximate surface area is 135 Å². The van der Waals surface area contributed by atoms with E-state index < -0.39 is 0 Å². The van der Waals surface area contributed by atoms with Crippen LogP contribution >= 0.6 is 11.6 Å². The van der Waals surface area contributed by atoms with E-state index in [1.807, 2.05) is 47.4 Å². The van der Waals surface area contributed by atoms with Crippen molar-refractivity contribution in [3.05, 3.63) is 59.1 Å². The molecule has 1 heterocycles. The Kier molecular flexibility index (Phi) is 4.08. The number of rotatable bonds is 2. The van der Waals surface area contributed by atoms with Gasteiger partial charge in [-0.3, -0.25) is 4.79 Å². The van der Waals surface area contributed by atoms with E-state index in [4.69, 9.17) is 11.6 Å². The van der Waals surface area contributed by atoms with E-state index in [9.17, 15) is 4.79 Å². The molecular formula is C18H19ClN2O. The Hall–Kier alpha value is -2.00. The summed E-state index contributed by atoms with van der Waals surface area (Å²) in [5, 5.41) is 4.29. The Balaban J connectivity index is 1.94. The first-order chi connectivity index (χ1) is 10.6. The minimum atomic E-state index is 0.0879. The fourth-order valence-corrected chi connectivity index (χ4v) is 3.30. The molecule has 1 aliphatic rings. The summed E-state index contributed by atoms with van der Waals surface area (Å²) in [6.45, 7) is 3.72. The highest BCUT2D eigenvalue weighted by Crippen LogP contribution is 2.38. The van der Waals surface area contributed by atoms with E-state index in [1.165, 1.54) is 0 Å². The van der Waals surface area contributed by atoms with Crippen molar-refractivity contribution in [2.24, 2.45) is 0 Å². The predicted octanol–water partition coefficient (Wildman–Crippen LogP) is 4.64. The molecule has 4 heteroatoms. The van der Waals surface area contributed by atoms with E-state index in [-0.39, 0.29) is 18.0 Å². The third kappa shape index (κ3) is 2.81. The van der Waals surface area contributed by atoms with Crippen molar-refractivity contribution in [1.29, 1.82) is 0 Å². The number of benzene rings is 2. The quantitative estimate of drug-likeness (QED) is 0.876. The summed E-state index contributed by atoms with van der Waals surface area (Å²) in [5.41, 5.74) is 3.19. The van der Waals surface area contributed by atoms with Crippen LogP contribution in [-0.4, -0.2) is 11.9 Å². The predicted molar refractivity (Wildman–Crippen MR) is 91.5 cm³/mol. The van der Waals surface area contributed by atoms with Gasteiger partial charge in [0.15, 0.2) is 0 Å². The van der Waals surface area contributed by atoms with Gasteiger partial charge in [-0.15, -0.1) is 0 Å². The molecule has 0 saturated heterocycles. The van der Waals surface area contributed by atoms with Crippen LogP contribution < -0.4 is 10.2 Å². The number of hydrogen-bond donors (Lipinski definition) is 1. The lowest BCUT2D eigenvalue weighted by Crippen LogP contribution is -2.43. The van der Waals surface area contributed by atoms with Gasteiger partial charge in [-0.1, -0.05) is 29.8 Å². The molecule has 114 valence electrons. The Bertz CT molecular complexity index is 684. The minimum Gasteiger partial charge on any atom is -0.378 e. The van der Waals surface area contributed by atoms with Crippen LogP contribution in [0.3, 0.4) is 0 Å². The maximum absolute atomic E-state index is 12.0. The highest BCUT2D eigenvalue weighted by atomic mass is 35.5. The van der Waals surface area contributed by atoms with Gasteiger partial charge in [0.25, 0.3) is 0 Å². The van der Waals surface area contributed by atoms with Crippen molar-refractivity contribution in [2.75, 3.05) is 10.2 Å². The fraction of sp³-hybridized carbons (Fsp3) is 0.278. The maximum Gasteiger partial charge on any atom is 0.224 e. The smallest absolute Gasteiger partial charge is 0.224 e. The van der Waals surface area contributed by atoms with Gasteiger partial charge in [0, 0.05) is 29.4 Å². The first kappa shape index (κ1) is 14.9. The molecule has 0 bridgehead atoms. The zero-order valence-corrected chi connectivity index (χ0v) is 13.5. The number of nitrogens with zero attached hydrogens (tertiary/aromatic N) is 1. The number of nitrogens with one attached hydrogen (secondary N) is 1. The van der Waals surface area contributed by atoms with Crippen molar-refractivity contribution in [3.63, 3.8) is 0 Å². The van der Waals surface area contributed by atoms with Gasteiger partial charge in [-0.25, -0.2) is 0 Å². The van der Waals surface area contributed by atoms with Gasteiger partial charge in [0.2, 0.25) is 5.91 Å². The molecule has 1 amide bonds. The molecule has 2 aromatic carbocycles. The second-order valence-corrected chi connectivity index (χ2v) is 6.17. The summed E-state index contributed by atoms with van der Waals surface area (Å²) in [7, 11) is 0. The van der Waals surface area contributed by atoms with Gasteiger partial charge in [-0.05, 0) is 49.2 Å². The van der Waals surface area contributed by atoms with Gasteiger partial charge in [0.1, 0.15) is 0 Å². The van der Waals surface area contributed by atoms with E-state index in [0.717, 1.165) is 28.4 Å². The molecule has 3 nitrogen and oxygen atoms in total. The Morgan fingerprint density at radius 3 is 2.55 bits per heavy atom. The fourth-order valence-electron chi connectivity index (χ4n) is 3.18. The summed E-state index contributed by atoms with van der Waals surface area (Å²) in [6, 6.07) is 16.2. The standard InChI is InChI=1S/C18H19ClN2O/c1-12-11-17(20-15-9-7-14(19)8-10-15)16-5-3-4-6-18(16)21(12)13(2)22/h3-10,12,17,20H,11H2,1-2H3. The average molecular weight is 315 g/mol. The molecule has 3 rings (SSSR count). The van der Waals surface area contributed by atoms with Crippen molar-refractivity contribution < 1.29 is 4.79 Å². The van der Waals surface area contributed by atoms with Crippen LogP contribution in [0.25, 0.3) is 0 Å². The molecule has 0 fully saturated rings. The van der Waals surface area contributed by atoms with Crippen LogP contribution in [0.5, 0.6) is 0 Å². The number of para-hydroxylation sites is 1. The topological polar surface area (TPSA) is 32.3 Å². The number of hydrogen-bond acceptors (Lipinski definition) is 2. The van der Waals surface area contributed by atoms with Crippen LogP contribution in [-0.2, 0) is 4.79 Å². The zero-order chi connectivity index (χ0) is 15.7. The average Bonchev–Trinajstić information content (AvgIpc) is 2.49. The summed E-state index contributed by atoms with van der Waals surface area (Å²) >= 11 is 5.94. The summed E-state index contributed by atoms with van der Waals surface area (Å²) in [6.07, 6.45) is 0.874. The first-order valence-electron chi connectivity index (χ1n) is 7.47. The number of carbonyl (C=O) groups is 1.